The van der Waals surface area contributed by atoms with Crippen molar-refractivity contribution in [3.8, 4) is 5.75 Å². The van der Waals surface area contributed by atoms with Gasteiger partial charge in [-0.05, 0) is 29.7 Å². The SMILES string of the molecule is CCCC(c1ccc(OCc2ccccc2)cc1)C(N)C(=O)NCOC. The number of methoxy groups -OCH3 is 1. The van der Waals surface area contributed by atoms with Crippen LogP contribution in [0.25, 0.3) is 0 Å². The third-order valence-corrected chi connectivity index (χ3v) is 4.28. The minimum atomic E-state index is -0.610. The van der Waals surface area contributed by atoms with Crippen LogP contribution in [-0.4, -0.2) is 25.8 Å². The number of hydrogen-bond acceptors (Lipinski definition) is 4. The van der Waals surface area contributed by atoms with Gasteiger partial charge in [0.1, 0.15) is 19.1 Å². The Morgan fingerprint density at radius 3 is 2.42 bits per heavy atom. The van der Waals surface area contributed by atoms with E-state index in [2.05, 4.69) is 12.2 Å². The van der Waals surface area contributed by atoms with Crippen LogP contribution < -0.4 is 15.8 Å². The molecule has 3 N–H and O–H groups in total. The third kappa shape index (κ3) is 5.86. The third-order valence-electron chi connectivity index (χ3n) is 4.28. The molecule has 5 heteroatoms. The van der Waals surface area contributed by atoms with Gasteiger partial charge in [0.2, 0.25) is 5.91 Å². The first-order valence-electron chi connectivity index (χ1n) is 8.94. The summed E-state index contributed by atoms with van der Waals surface area (Å²) in [6, 6.07) is 17.3. The molecule has 2 aromatic carbocycles. The molecule has 2 unspecified atom stereocenters. The summed E-state index contributed by atoms with van der Waals surface area (Å²) in [6.07, 6.45) is 1.79. The van der Waals surface area contributed by atoms with Gasteiger partial charge in [-0.15, -0.1) is 0 Å². The van der Waals surface area contributed by atoms with Gasteiger partial charge < -0.3 is 20.5 Å². The summed E-state index contributed by atoms with van der Waals surface area (Å²) >= 11 is 0. The minimum Gasteiger partial charge on any atom is -0.489 e. The molecule has 2 rings (SSSR count). The van der Waals surface area contributed by atoms with E-state index in [4.69, 9.17) is 15.2 Å². The predicted molar refractivity (Wildman–Crippen MR) is 103 cm³/mol. The number of amides is 1. The van der Waals surface area contributed by atoms with Crippen molar-refractivity contribution in [2.75, 3.05) is 13.8 Å². The fourth-order valence-electron chi connectivity index (χ4n) is 2.86. The van der Waals surface area contributed by atoms with Crippen molar-refractivity contribution in [2.24, 2.45) is 5.73 Å². The molecule has 0 aliphatic heterocycles. The van der Waals surface area contributed by atoms with Gasteiger partial charge in [0.15, 0.2) is 0 Å². The molecule has 5 nitrogen and oxygen atoms in total. The molecular formula is C21H28N2O3. The van der Waals surface area contributed by atoms with E-state index >= 15 is 0 Å². The van der Waals surface area contributed by atoms with Crippen LogP contribution in [-0.2, 0) is 16.1 Å². The zero-order valence-corrected chi connectivity index (χ0v) is 15.5. The van der Waals surface area contributed by atoms with E-state index in [1.807, 2.05) is 54.6 Å². The van der Waals surface area contributed by atoms with Gasteiger partial charge in [0.25, 0.3) is 0 Å². The second-order valence-electron chi connectivity index (χ2n) is 6.24. The second kappa shape index (κ2) is 10.6. The first-order valence-corrected chi connectivity index (χ1v) is 8.94. The summed E-state index contributed by atoms with van der Waals surface area (Å²) < 4.78 is 10.7. The highest BCUT2D eigenvalue weighted by Gasteiger charge is 2.25. The average Bonchev–Trinajstić information content (AvgIpc) is 2.69. The van der Waals surface area contributed by atoms with Gasteiger partial charge in [-0.1, -0.05) is 55.8 Å². The van der Waals surface area contributed by atoms with Gasteiger partial charge >= 0.3 is 0 Å². The van der Waals surface area contributed by atoms with E-state index < -0.39 is 6.04 Å². The van der Waals surface area contributed by atoms with E-state index in [9.17, 15) is 4.79 Å². The van der Waals surface area contributed by atoms with Crippen molar-refractivity contribution in [3.05, 3.63) is 65.7 Å². The lowest BCUT2D eigenvalue weighted by Crippen LogP contribution is -2.45. The predicted octanol–water partition coefficient (Wildman–Crippen LogP) is 3.20. The molecule has 2 atom stereocenters. The van der Waals surface area contributed by atoms with E-state index in [0.29, 0.717) is 6.61 Å². The molecular weight excluding hydrogens is 328 g/mol. The molecule has 1 amide bonds. The van der Waals surface area contributed by atoms with Crippen molar-refractivity contribution in [1.29, 1.82) is 0 Å². The maximum atomic E-state index is 12.2. The Morgan fingerprint density at radius 1 is 1.12 bits per heavy atom. The number of hydrogen-bond donors (Lipinski definition) is 2. The molecule has 0 aliphatic carbocycles. The molecule has 0 fully saturated rings. The normalized spacial score (nSPS) is 13.0. The van der Waals surface area contributed by atoms with Crippen LogP contribution in [0.3, 0.4) is 0 Å². The molecule has 2 aromatic rings. The molecule has 0 spiro atoms. The zero-order chi connectivity index (χ0) is 18.8. The van der Waals surface area contributed by atoms with Gasteiger partial charge in [-0.2, -0.15) is 0 Å². The van der Waals surface area contributed by atoms with Crippen molar-refractivity contribution in [2.45, 2.75) is 38.3 Å². The van der Waals surface area contributed by atoms with E-state index in [0.717, 1.165) is 29.7 Å². The molecule has 140 valence electrons. The lowest BCUT2D eigenvalue weighted by atomic mass is 9.87. The Kier molecular flexibility index (Phi) is 8.12. The fourth-order valence-corrected chi connectivity index (χ4v) is 2.86. The van der Waals surface area contributed by atoms with Crippen molar-refractivity contribution in [1.82, 2.24) is 5.32 Å². The summed E-state index contributed by atoms with van der Waals surface area (Å²) in [7, 11) is 1.53. The van der Waals surface area contributed by atoms with Crippen LogP contribution in [0.1, 0.15) is 36.8 Å². The smallest absolute Gasteiger partial charge is 0.239 e. The Hall–Kier alpha value is -2.37. The monoisotopic (exact) mass is 356 g/mol. The minimum absolute atomic E-state index is 0.0416. The van der Waals surface area contributed by atoms with Crippen molar-refractivity contribution in [3.63, 3.8) is 0 Å². The highest BCUT2D eigenvalue weighted by Crippen LogP contribution is 2.26. The van der Waals surface area contributed by atoms with E-state index in [1.165, 1.54) is 7.11 Å². The molecule has 0 heterocycles. The fraction of sp³-hybridized carbons (Fsp3) is 0.381. The van der Waals surface area contributed by atoms with Crippen LogP contribution >= 0.6 is 0 Å². The molecule has 0 radical (unpaired) electrons. The van der Waals surface area contributed by atoms with Crippen LogP contribution in [0.15, 0.2) is 54.6 Å². The van der Waals surface area contributed by atoms with Crippen LogP contribution in [0, 0.1) is 0 Å². The largest absolute Gasteiger partial charge is 0.489 e. The van der Waals surface area contributed by atoms with Gasteiger partial charge in [-0.3, -0.25) is 4.79 Å². The van der Waals surface area contributed by atoms with Gasteiger partial charge in [0, 0.05) is 13.0 Å². The molecule has 0 aromatic heterocycles. The van der Waals surface area contributed by atoms with E-state index in [1.54, 1.807) is 0 Å². The molecule has 0 saturated heterocycles. The summed E-state index contributed by atoms with van der Waals surface area (Å²) in [4.78, 5) is 12.2. The quantitative estimate of drug-likeness (QED) is 0.641. The Morgan fingerprint density at radius 2 is 1.81 bits per heavy atom. The lowest BCUT2D eigenvalue weighted by molar-refractivity contribution is -0.124. The number of nitrogens with one attached hydrogen (secondary N) is 1. The number of benzene rings is 2. The molecule has 0 bridgehead atoms. The molecule has 0 aliphatic rings. The average molecular weight is 356 g/mol. The van der Waals surface area contributed by atoms with Gasteiger partial charge in [0.05, 0.1) is 6.04 Å². The number of carbonyl (C=O) groups is 1. The molecule has 0 saturated carbocycles. The van der Waals surface area contributed by atoms with Gasteiger partial charge in [-0.25, -0.2) is 0 Å². The molecule has 26 heavy (non-hydrogen) atoms. The summed E-state index contributed by atoms with van der Waals surface area (Å²) in [5.74, 6) is 0.556. The summed E-state index contributed by atoms with van der Waals surface area (Å²) in [6.45, 7) is 2.78. The number of rotatable bonds is 10. The van der Waals surface area contributed by atoms with E-state index in [-0.39, 0.29) is 18.6 Å². The number of ether oxygens (including phenoxy) is 2. The summed E-state index contributed by atoms with van der Waals surface area (Å²) in [5, 5.41) is 2.68. The number of nitrogens with two attached hydrogens (primary N) is 1. The Bertz CT molecular complexity index is 659. The highest BCUT2D eigenvalue weighted by molar-refractivity contribution is 5.82. The topological polar surface area (TPSA) is 73.6 Å². The zero-order valence-electron chi connectivity index (χ0n) is 15.5. The van der Waals surface area contributed by atoms with Crippen molar-refractivity contribution >= 4 is 5.91 Å². The maximum Gasteiger partial charge on any atom is 0.239 e. The Labute approximate surface area is 155 Å². The highest BCUT2D eigenvalue weighted by atomic mass is 16.5. The summed E-state index contributed by atoms with van der Waals surface area (Å²) in [5.41, 5.74) is 8.36. The number of carbonyl (C=O) groups excluding carboxylic acids is 1. The first kappa shape index (κ1) is 19.9. The standard InChI is InChI=1S/C21H28N2O3/c1-3-7-19(20(22)21(24)23-15-25-2)17-10-12-18(13-11-17)26-14-16-8-5-4-6-9-16/h4-6,8-13,19-20H,3,7,14-15,22H2,1-2H3,(H,23,24). The Balaban J connectivity index is 2.01. The van der Waals surface area contributed by atoms with Crippen molar-refractivity contribution < 1.29 is 14.3 Å². The van der Waals surface area contributed by atoms with Crippen LogP contribution in [0.5, 0.6) is 5.75 Å². The second-order valence-corrected chi connectivity index (χ2v) is 6.24. The van der Waals surface area contributed by atoms with Crippen LogP contribution in [0.2, 0.25) is 0 Å². The lowest BCUT2D eigenvalue weighted by Gasteiger charge is -2.23. The maximum absolute atomic E-state index is 12.2. The van der Waals surface area contributed by atoms with Crippen LogP contribution in [0.4, 0.5) is 0 Å². The first-order chi connectivity index (χ1) is 12.7.